The second-order valence-corrected chi connectivity index (χ2v) is 6.77. The van der Waals surface area contributed by atoms with Crippen LogP contribution in [0.3, 0.4) is 0 Å². The molecule has 0 aromatic carbocycles. The van der Waals surface area contributed by atoms with Gasteiger partial charge in [-0.1, -0.05) is 6.08 Å². The van der Waals surface area contributed by atoms with Crippen molar-refractivity contribution < 1.29 is 4.74 Å². The fourth-order valence-electron chi connectivity index (χ4n) is 3.83. The van der Waals surface area contributed by atoms with Crippen LogP contribution in [-0.4, -0.2) is 40.2 Å². The number of aryl methyl sites for hydroxylation is 1. The molecule has 1 fully saturated rings. The Hall–Kier alpha value is -2.34. The smallest absolute Gasteiger partial charge is 0.163 e. The number of hydrogen-bond acceptors (Lipinski definition) is 5. The van der Waals surface area contributed by atoms with Gasteiger partial charge < -0.3 is 15.0 Å². The van der Waals surface area contributed by atoms with E-state index >= 15 is 0 Å². The molecule has 6 heteroatoms. The van der Waals surface area contributed by atoms with Crippen molar-refractivity contribution in [3.8, 4) is 0 Å². The Morgan fingerprint density at radius 3 is 2.88 bits per heavy atom. The summed E-state index contributed by atoms with van der Waals surface area (Å²) in [5.41, 5.74) is 4.65. The van der Waals surface area contributed by atoms with Crippen LogP contribution in [0.25, 0.3) is 16.6 Å². The maximum Gasteiger partial charge on any atom is 0.163 e. The molecule has 6 nitrogen and oxygen atoms in total. The molecular formula is C19H25N5O. The van der Waals surface area contributed by atoms with E-state index < -0.39 is 5.72 Å². The normalized spacial score (nSPS) is 23.2. The van der Waals surface area contributed by atoms with Crippen LogP contribution in [0, 0.1) is 0 Å². The van der Waals surface area contributed by atoms with E-state index in [-0.39, 0.29) is 0 Å². The van der Waals surface area contributed by atoms with Crippen LogP contribution in [0.4, 0.5) is 5.69 Å². The van der Waals surface area contributed by atoms with Crippen molar-refractivity contribution in [1.29, 1.82) is 0 Å². The molecule has 2 aromatic heterocycles. The first-order valence-electron chi connectivity index (χ1n) is 8.99. The summed E-state index contributed by atoms with van der Waals surface area (Å²) in [5.74, 6) is 0. The Labute approximate surface area is 148 Å². The zero-order chi connectivity index (χ0) is 17.4. The largest absolute Gasteiger partial charge is 0.370 e. The Kier molecular flexibility index (Phi) is 4.00. The number of anilines is 1. The van der Waals surface area contributed by atoms with Gasteiger partial charge in [-0.05, 0) is 45.0 Å². The van der Waals surface area contributed by atoms with Crippen molar-refractivity contribution in [3.05, 3.63) is 36.3 Å². The molecule has 0 bridgehead atoms. The Morgan fingerprint density at radius 2 is 2.12 bits per heavy atom. The molecule has 2 aromatic rings. The highest BCUT2D eigenvalue weighted by molar-refractivity contribution is 5.91. The Bertz CT molecular complexity index is 847. The van der Waals surface area contributed by atoms with E-state index in [0.29, 0.717) is 6.61 Å². The van der Waals surface area contributed by atoms with Gasteiger partial charge in [-0.2, -0.15) is 5.10 Å². The molecule has 1 saturated heterocycles. The van der Waals surface area contributed by atoms with Gasteiger partial charge in [0.15, 0.2) is 5.72 Å². The SMILES string of the molecule is CCOC1(C)NC=CC=C1c1cc(N2CCCC2)c2c(cnn2C)n1. The van der Waals surface area contributed by atoms with Gasteiger partial charge in [0.2, 0.25) is 0 Å². The molecule has 1 N–H and O–H groups in total. The summed E-state index contributed by atoms with van der Waals surface area (Å²) in [6, 6.07) is 2.19. The van der Waals surface area contributed by atoms with Crippen molar-refractivity contribution in [1.82, 2.24) is 20.1 Å². The van der Waals surface area contributed by atoms with Crippen LogP contribution >= 0.6 is 0 Å². The summed E-state index contributed by atoms with van der Waals surface area (Å²) in [6.45, 7) is 6.86. The molecule has 0 radical (unpaired) electrons. The summed E-state index contributed by atoms with van der Waals surface area (Å²) >= 11 is 0. The molecular weight excluding hydrogens is 314 g/mol. The number of nitrogens with one attached hydrogen (secondary N) is 1. The highest BCUT2D eigenvalue weighted by Gasteiger charge is 2.32. The quantitative estimate of drug-likeness (QED) is 0.928. The summed E-state index contributed by atoms with van der Waals surface area (Å²) in [6.07, 6.45) is 10.3. The van der Waals surface area contributed by atoms with E-state index in [9.17, 15) is 0 Å². The van der Waals surface area contributed by atoms with Crippen LogP contribution in [0.2, 0.25) is 0 Å². The van der Waals surface area contributed by atoms with E-state index in [1.165, 1.54) is 18.5 Å². The predicted molar refractivity (Wildman–Crippen MR) is 100 cm³/mol. The average Bonchev–Trinajstić information content (AvgIpc) is 3.25. The zero-order valence-corrected chi connectivity index (χ0v) is 15.1. The summed E-state index contributed by atoms with van der Waals surface area (Å²) in [4.78, 5) is 7.34. The number of ether oxygens (including phenoxy) is 1. The van der Waals surface area contributed by atoms with Crippen LogP contribution < -0.4 is 10.2 Å². The molecule has 2 aliphatic heterocycles. The first kappa shape index (κ1) is 16.1. The lowest BCUT2D eigenvalue weighted by atomic mass is 9.97. The van der Waals surface area contributed by atoms with Gasteiger partial charge in [0.05, 0.1) is 17.6 Å². The lowest BCUT2D eigenvalue weighted by Crippen LogP contribution is -2.44. The van der Waals surface area contributed by atoms with E-state index in [0.717, 1.165) is 35.4 Å². The van der Waals surface area contributed by atoms with Crippen molar-refractivity contribution in [3.63, 3.8) is 0 Å². The van der Waals surface area contributed by atoms with Crippen LogP contribution in [0.15, 0.2) is 30.6 Å². The first-order chi connectivity index (χ1) is 12.1. The van der Waals surface area contributed by atoms with Gasteiger partial charge in [0.1, 0.15) is 11.0 Å². The summed E-state index contributed by atoms with van der Waals surface area (Å²) < 4.78 is 7.94. The third-order valence-electron chi connectivity index (χ3n) is 5.06. The maximum absolute atomic E-state index is 6.01. The van der Waals surface area contributed by atoms with Crippen molar-refractivity contribution in [2.24, 2.45) is 7.05 Å². The minimum atomic E-state index is -0.575. The molecule has 132 valence electrons. The molecule has 0 saturated carbocycles. The topological polar surface area (TPSA) is 55.2 Å². The number of nitrogens with zero attached hydrogens (tertiary/aromatic N) is 4. The van der Waals surface area contributed by atoms with Gasteiger partial charge in [-0.3, -0.25) is 4.68 Å². The number of hydrogen-bond donors (Lipinski definition) is 1. The van der Waals surface area contributed by atoms with Crippen LogP contribution in [-0.2, 0) is 11.8 Å². The van der Waals surface area contributed by atoms with E-state index in [1.54, 1.807) is 0 Å². The van der Waals surface area contributed by atoms with Crippen LogP contribution in [0.5, 0.6) is 0 Å². The monoisotopic (exact) mass is 339 g/mol. The predicted octanol–water partition coefficient (Wildman–Crippen LogP) is 2.82. The number of allylic oxidation sites excluding steroid dienone is 2. The van der Waals surface area contributed by atoms with E-state index in [4.69, 9.17) is 9.72 Å². The molecule has 0 aliphatic carbocycles. The highest BCUT2D eigenvalue weighted by atomic mass is 16.5. The van der Waals surface area contributed by atoms with Gasteiger partial charge in [-0.15, -0.1) is 0 Å². The lowest BCUT2D eigenvalue weighted by Gasteiger charge is -2.34. The molecule has 4 rings (SSSR count). The number of aromatic nitrogens is 3. The summed E-state index contributed by atoms with van der Waals surface area (Å²) in [7, 11) is 1.98. The Morgan fingerprint density at radius 1 is 1.32 bits per heavy atom. The number of dihydropyridines is 1. The average molecular weight is 339 g/mol. The second kappa shape index (κ2) is 6.19. The lowest BCUT2D eigenvalue weighted by molar-refractivity contribution is 0.00510. The van der Waals surface area contributed by atoms with E-state index in [2.05, 4.69) is 34.4 Å². The van der Waals surface area contributed by atoms with Gasteiger partial charge in [0, 0.05) is 32.3 Å². The van der Waals surface area contributed by atoms with Crippen molar-refractivity contribution in [2.75, 3.05) is 24.6 Å². The van der Waals surface area contributed by atoms with Gasteiger partial charge >= 0.3 is 0 Å². The molecule has 4 heterocycles. The van der Waals surface area contributed by atoms with Crippen molar-refractivity contribution in [2.45, 2.75) is 32.4 Å². The zero-order valence-electron chi connectivity index (χ0n) is 15.1. The van der Waals surface area contributed by atoms with Crippen LogP contribution in [0.1, 0.15) is 32.4 Å². The Balaban J connectivity index is 1.87. The fourth-order valence-corrected chi connectivity index (χ4v) is 3.83. The van der Waals surface area contributed by atoms with Gasteiger partial charge in [0.25, 0.3) is 0 Å². The highest BCUT2D eigenvalue weighted by Crippen LogP contribution is 2.35. The molecule has 1 atom stereocenters. The number of rotatable bonds is 4. The fraction of sp³-hybridized carbons (Fsp3) is 0.474. The molecule has 1 unspecified atom stereocenters. The van der Waals surface area contributed by atoms with Gasteiger partial charge in [-0.25, -0.2) is 4.98 Å². The third-order valence-corrected chi connectivity index (χ3v) is 5.06. The molecule has 0 amide bonds. The molecule has 2 aliphatic rings. The maximum atomic E-state index is 6.01. The number of pyridine rings is 1. The second-order valence-electron chi connectivity index (χ2n) is 6.77. The standard InChI is InChI=1S/C19H25N5O/c1-4-25-19(2)14(8-7-9-20-19)15-12-17(24-10-5-6-11-24)18-16(22-15)13-21-23(18)3/h7-9,12-13,20H,4-6,10-11H2,1-3H3. The third kappa shape index (κ3) is 2.70. The molecule has 25 heavy (non-hydrogen) atoms. The minimum absolute atomic E-state index is 0.575. The van der Waals surface area contributed by atoms with Crippen molar-refractivity contribution >= 4 is 22.3 Å². The van der Waals surface area contributed by atoms with E-state index in [1.807, 2.05) is 37.1 Å². The first-order valence-corrected chi connectivity index (χ1v) is 8.99. The molecule has 0 spiro atoms. The summed E-state index contributed by atoms with van der Waals surface area (Å²) in [5, 5.41) is 7.78. The minimum Gasteiger partial charge on any atom is -0.370 e. The number of fused-ring (bicyclic) bond motifs is 1.